The summed E-state index contributed by atoms with van der Waals surface area (Å²) in [6.07, 6.45) is 8.18. The summed E-state index contributed by atoms with van der Waals surface area (Å²) in [4.78, 5) is 2.59. The van der Waals surface area contributed by atoms with Crippen molar-refractivity contribution in [2.45, 2.75) is 57.3 Å². The molecule has 0 bridgehead atoms. The number of hydrogen-bond donors (Lipinski definition) is 0. The number of fused-ring (bicyclic) bond motifs is 14. The van der Waals surface area contributed by atoms with E-state index in [0.717, 1.165) is 29.0 Å². The number of allylic oxidation sites excluding steroid dienone is 4. The lowest BCUT2D eigenvalue weighted by molar-refractivity contribution is 0.434. The van der Waals surface area contributed by atoms with Gasteiger partial charge in [-0.15, -0.1) is 0 Å². The van der Waals surface area contributed by atoms with Crippen LogP contribution >= 0.6 is 0 Å². The molecule has 1 unspecified atom stereocenters. The van der Waals surface area contributed by atoms with Crippen molar-refractivity contribution in [1.29, 1.82) is 0 Å². The second-order valence-corrected chi connectivity index (χ2v) is 19.7. The predicted octanol–water partition coefficient (Wildman–Crippen LogP) is 16.2. The normalized spacial score (nSPS) is 18.0. The van der Waals surface area contributed by atoms with E-state index in [1.807, 2.05) is 0 Å². The van der Waals surface area contributed by atoms with Crippen LogP contribution in [0.25, 0.3) is 39.0 Å². The summed E-state index contributed by atoms with van der Waals surface area (Å²) in [5, 5.41) is 0. The molecule has 0 aromatic heterocycles. The fraction of sp³-hybridized carbons (Fsp3) is 0.161. The van der Waals surface area contributed by atoms with Gasteiger partial charge in [0, 0.05) is 27.6 Å². The molecule has 308 valence electrons. The second kappa shape index (κ2) is 13.2. The zero-order chi connectivity index (χ0) is 43.1. The van der Waals surface area contributed by atoms with Gasteiger partial charge in [0.1, 0.15) is 11.5 Å². The van der Waals surface area contributed by atoms with Gasteiger partial charge in [0.25, 0.3) is 0 Å². The molecular formula is C62H49NO. The van der Waals surface area contributed by atoms with Gasteiger partial charge in [-0.2, -0.15) is 0 Å². The van der Waals surface area contributed by atoms with Crippen molar-refractivity contribution in [3.05, 3.63) is 238 Å². The third-order valence-corrected chi connectivity index (χ3v) is 15.4. The Morgan fingerprint density at radius 2 is 1.03 bits per heavy atom. The third kappa shape index (κ3) is 4.97. The van der Waals surface area contributed by atoms with Crippen molar-refractivity contribution in [2.75, 3.05) is 4.90 Å². The van der Waals surface area contributed by atoms with E-state index in [0.29, 0.717) is 5.92 Å². The van der Waals surface area contributed by atoms with Crippen molar-refractivity contribution < 1.29 is 4.74 Å². The molecule has 2 nitrogen and oxygen atoms in total. The van der Waals surface area contributed by atoms with Gasteiger partial charge in [0.2, 0.25) is 0 Å². The van der Waals surface area contributed by atoms with Crippen LogP contribution in [0.5, 0.6) is 11.5 Å². The third-order valence-electron chi connectivity index (χ3n) is 15.4. The van der Waals surface area contributed by atoms with Gasteiger partial charge in [-0.1, -0.05) is 168 Å². The van der Waals surface area contributed by atoms with Crippen LogP contribution in [0.3, 0.4) is 0 Å². The van der Waals surface area contributed by atoms with Gasteiger partial charge >= 0.3 is 0 Å². The molecule has 5 aliphatic rings. The Morgan fingerprint density at radius 3 is 1.80 bits per heavy atom. The number of nitrogens with zero attached hydrogens (tertiary/aromatic N) is 1. The summed E-state index contributed by atoms with van der Waals surface area (Å²) < 4.78 is 6.90. The fourth-order valence-electron chi connectivity index (χ4n) is 12.3. The van der Waals surface area contributed by atoms with Crippen LogP contribution in [0.1, 0.15) is 91.1 Å². The largest absolute Gasteiger partial charge is 0.457 e. The zero-order valence-electron chi connectivity index (χ0n) is 37.0. The van der Waals surface area contributed by atoms with Crippen LogP contribution in [0.15, 0.2) is 188 Å². The molecule has 1 atom stereocenters. The Kier molecular flexibility index (Phi) is 7.71. The average molecular weight is 824 g/mol. The Balaban J connectivity index is 1.14. The molecule has 2 heterocycles. The first-order valence-electron chi connectivity index (χ1n) is 23.0. The van der Waals surface area contributed by atoms with Gasteiger partial charge in [-0.3, -0.25) is 0 Å². The predicted molar refractivity (Wildman–Crippen MR) is 265 cm³/mol. The number of hydrogen-bond acceptors (Lipinski definition) is 2. The maximum absolute atomic E-state index is 6.90. The summed E-state index contributed by atoms with van der Waals surface area (Å²) in [5.41, 5.74) is 23.0. The molecule has 0 saturated carbocycles. The van der Waals surface area contributed by atoms with E-state index < -0.39 is 5.41 Å². The molecule has 8 aromatic carbocycles. The molecular weight excluding hydrogens is 775 g/mol. The Hall–Kier alpha value is -7.16. The molecule has 0 saturated heterocycles. The summed E-state index contributed by atoms with van der Waals surface area (Å²) in [6.45, 7) is 11.9. The maximum Gasteiger partial charge on any atom is 0.132 e. The molecule has 2 aliphatic heterocycles. The minimum absolute atomic E-state index is 0.152. The number of rotatable bonds is 3. The zero-order valence-corrected chi connectivity index (χ0v) is 37.0. The number of benzene rings is 8. The Bertz CT molecular complexity index is 3320. The van der Waals surface area contributed by atoms with Crippen LogP contribution in [0.4, 0.5) is 17.1 Å². The molecule has 2 heteroatoms. The van der Waals surface area contributed by atoms with Gasteiger partial charge < -0.3 is 9.64 Å². The molecule has 0 N–H and O–H groups in total. The first kappa shape index (κ1) is 37.4. The average Bonchev–Trinajstić information content (AvgIpc) is 3.69. The number of anilines is 3. The van der Waals surface area contributed by atoms with E-state index in [1.54, 1.807) is 0 Å². The van der Waals surface area contributed by atoms with Gasteiger partial charge in [-0.25, -0.2) is 0 Å². The van der Waals surface area contributed by atoms with E-state index in [1.165, 1.54) is 95.0 Å². The molecule has 13 rings (SSSR count). The molecule has 0 radical (unpaired) electrons. The molecule has 0 fully saturated rings. The smallest absolute Gasteiger partial charge is 0.132 e. The summed E-state index contributed by atoms with van der Waals surface area (Å²) in [7, 11) is 0. The summed E-state index contributed by atoms with van der Waals surface area (Å²) >= 11 is 0. The molecule has 8 aromatic rings. The van der Waals surface area contributed by atoms with Gasteiger partial charge in [0.15, 0.2) is 0 Å². The van der Waals surface area contributed by atoms with E-state index in [9.17, 15) is 0 Å². The van der Waals surface area contributed by atoms with Gasteiger partial charge in [-0.05, 0) is 145 Å². The van der Waals surface area contributed by atoms with Crippen LogP contribution in [-0.4, -0.2) is 0 Å². The van der Waals surface area contributed by atoms with Crippen molar-refractivity contribution in [3.8, 4) is 44.9 Å². The summed E-state index contributed by atoms with van der Waals surface area (Å²) in [5.74, 6) is 2.31. The SMILES string of the molecule is CC1C=C(c2ccc3c(c2)C(C)(C)c2cc4c(cc2-3)C2(c3ccccc3Oc3ccccc32)c2cc(-c3ccccc3)ccc2N4c2ccc3c(c2)C(C)(C)c2ccccc2-3)C=CC1. The first-order valence-corrected chi connectivity index (χ1v) is 23.0. The number of ether oxygens (including phenoxy) is 1. The lowest BCUT2D eigenvalue weighted by atomic mass is 9.60. The molecule has 64 heavy (non-hydrogen) atoms. The number of para-hydroxylation sites is 2. The van der Waals surface area contributed by atoms with Crippen molar-refractivity contribution >= 4 is 22.6 Å². The minimum atomic E-state index is -0.709. The first-order chi connectivity index (χ1) is 31.1. The van der Waals surface area contributed by atoms with Crippen LogP contribution in [0, 0.1) is 5.92 Å². The molecule has 3 aliphatic carbocycles. The van der Waals surface area contributed by atoms with E-state index in [4.69, 9.17) is 4.74 Å². The van der Waals surface area contributed by atoms with E-state index in [2.05, 4.69) is 228 Å². The highest BCUT2D eigenvalue weighted by atomic mass is 16.5. The monoisotopic (exact) mass is 823 g/mol. The fourth-order valence-corrected chi connectivity index (χ4v) is 12.3. The van der Waals surface area contributed by atoms with Crippen LogP contribution in [-0.2, 0) is 16.2 Å². The highest BCUT2D eigenvalue weighted by Crippen LogP contribution is 2.65. The molecule has 1 spiro atoms. The minimum Gasteiger partial charge on any atom is -0.457 e. The Morgan fingerprint density at radius 1 is 0.453 bits per heavy atom. The summed E-state index contributed by atoms with van der Waals surface area (Å²) in [6, 6.07) is 64.2. The molecule has 0 amide bonds. The highest BCUT2D eigenvalue weighted by molar-refractivity contribution is 5.97. The van der Waals surface area contributed by atoms with Crippen molar-refractivity contribution in [3.63, 3.8) is 0 Å². The van der Waals surface area contributed by atoms with E-state index >= 15 is 0 Å². The van der Waals surface area contributed by atoms with Crippen molar-refractivity contribution in [1.82, 2.24) is 0 Å². The maximum atomic E-state index is 6.90. The van der Waals surface area contributed by atoms with Crippen LogP contribution < -0.4 is 9.64 Å². The quantitative estimate of drug-likeness (QED) is 0.176. The van der Waals surface area contributed by atoms with Gasteiger partial charge in [0.05, 0.1) is 16.8 Å². The lowest BCUT2D eigenvalue weighted by Crippen LogP contribution is -2.40. The standard InChI is InChI=1S/C62H49NO/c1-38-16-15-19-40(32-38)42-26-29-46-47-36-55-57(37-53(47)61(4,5)51(46)33-42)63(43-28-30-45-44-20-9-10-21-48(44)60(2,3)52(45)35-43)56-31-27-41(39-17-7-6-8-18-39)34-54(56)62(55)49-22-11-13-24-58(49)64-59-25-14-12-23-50(59)62/h6-15,17-38H,16H2,1-5H3. The van der Waals surface area contributed by atoms with E-state index in [-0.39, 0.29) is 10.8 Å². The second-order valence-electron chi connectivity index (χ2n) is 19.7. The lowest BCUT2D eigenvalue weighted by Gasteiger charge is -2.49. The topological polar surface area (TPSA) is 12.5 Å². The highest BCUT2D eigenvalue weighted by Gasteiger charge is 2.53. The van der Waals surface area contributed by atoms with Crippen LogP contribution in [0.2, 0.25) is 0 Å². The van der Waals surface area contributed by atoms with Crippen molar-refractivity contribution in [2.24, 2.45) is 5.92 Å². The Labute approximate surface area is 376 Å².